The molecule has 1 aliphatic heterocycles. The molecular weight excluding hydrogens is 176 g/mol. The average Bonchev–Trinajstić information content (AvgIpc) is 2.60. The molecule has 1 saturated heterocycles. The molecule has 2 rings (SSSR count). The highest BCUT2D eigenvalue weighted by molar-refractivity contribution is 4.97. The van der Waals surface area contributed by atoms with Gasteiger partial charge in [0.2, 0.25) is 0 Å². The van der Waals surface area contributed by atoms with Crippen molar-refractivity contribution >= 4 is 0 Å². The van der Waals surface area contributed by atoms with Gasteiger partial charge >= 0.3 is 0 Å². The molecule has 0 spiro atoms. The van der Waals surface area contributed by atoms with Gasteiger partial charge in [0, 0.05) is 12.0 Å². The molecule has 1 saturated carbocycles. The monoisotopic (exact) mass is 198 g/mol. The highest BCUT2D eigenvalue weighted by Crippen LogP contribution is 2.48. The lowest BCUT2D eigenvalue weighted by atomic mass is 9.65. The number of rotatable bonds is 2. The SMILES string of the molecule is CC(C)[C@@H]1CC[C@H]2OCC[C@]2(CO)C1. The fourth-order valence-electron chi connectivity index (χ4n) is 3.17. The van der Waals surface area contributed by atoms with Gasteiger partial charge in [-0.1, -0.05) is 13.8 Å². The predicted octanol–water partition coefficient (Wildman–Crippen LogP) is 2.21. The topological polar surface area (TPSA) is 29.5 Å². The first-order valence-electron chi connectivity index (χ1n) is 5.90. The molecule has 3 atom stereocenters. The lowest BCUT2D eigenvalue weighted by Crippen LogP contribution is -2.41. The Morgan fingerprint density at radius 3 is 2.86 bits per heavy atom. The summed E-state index contributed by atoms with van der Waals surface area (Å²) in [4.78, 5) is 0. The second-order valence-electron chi connectivity index (χ2n) is 5.42. The number of fused-ring (bicyclic) bond motifs is 1. The molecule has 2 nitrogen and oxygen atoms in total. The van der Waals surface area contributed by atoms with Gasteiger partial charge in [0.1, 0.15) is 0 Å². The number of hydrogen-bond donors (Lipinski definition) is 1. The van der Waals surface area contributed by atoms with Gasteiger partial charge < -0.3 is 9.84 Å². The van der Waals surface area contributed by atoms with E-state index in [1.807, 2.05) is 0 Å². The number of aliphatic hydroxyl groups is 1. The molecule has 0 unspecified atom stereocenters. The second kappa shape index (κ2) is 3.82. The van der Waals surface area contributed by atoms with Crippen LogP contribution in [0.4, 0.5) is 0 Å². The molecular formula is C12H22O2. The van der Waals surface area contributed by atoms with Gasteiger partial charge in [0.25, 0.3) is 0 Å². The maximum atomic E-state index is 9.57. The lowest BCUT2D eigenvalue weighted by molar-refractivity contribution is -0.0381. The van der Waals surface area contributed by atoms with E-state index < -0.39 is 0 Å². The van der Waals surface area contributed by atoms with E-state index in [4.69, 9.17) is 4.74 Å². The van der Waals surface area contributed by atoms with Crippen LogP contribution in [0.3, 0.4) is 0 Å². The van der Waals surface area contributed by atoms with E-state index in [9.17, 15) is 5.11 Å². The van der Waals surface area contributed by atoms with Crippen LogP contribution in [0.1, 0.15) is 39.5 Å². The van der Waals surface area contributed by atoms with E-state index >= 15 is 0 Å². The largest absolute Gasteiger partial charge is 0.396 e. The normalized spacial score (nSPS) is 42.9. The smallest absolute Gasteiger partial charge is 0.0654 e. The zero-order chi connectivity index (χ0) is 10.2. The third kappa shape index (κ3) is 1.59. The van der Waals surface area contributed by atoms with Crippen LogP contribution in [-0.4, -0.2) is 24.4 Å². The standard InChI is InChI=1S/C12H22O2/c1-9(2)10-3-4-11-12(7-10,8-13)5-6-14-11/h9-11,13H,3-8H2,1-2H3/t10-,11-,12-/m1/s1. The summed E-state index contributed by atoms with van der Waals surface area (Å²) in [6.07, 6.45) is 5.03. The summed E-state index contributed by atoms with van der Waals surface area (Å²) >= 11 is 0. The van der Waals surface area contributed by atoms with E-state index in [2.05, 4.69) is 13.8 Å². The van der Waals surface area contributed by atoms with Crippen LogP contribution in [0.25, 0.3) is 0 Å². The lowest BCUT2D eigenvalue weighted by Gasteiger charge is -2.42. The van der Waals surface area contributed by atoms with Crippen LogP contribution in [0.2, 0.25) is 0 Å². The van der Waals surface area contributed by atoms with Crippen molar-refractivity contribution < 1.29 is 9.84 Å². The molecule has 0 aromatic carbocycles. The van der Waals surface area contributed by atoms with Crippen LogP contribution in [0.15, 0.2) is 0 Å². The Morgan fingerprint density at radius 1 is 1.43 bits per heavy atom. The molecule has 2 heteroatoms. The van der Waals surface area contributed by atoms with Crippen molar-refractivity contribution in [3.63, 3.8) is 0 Å². The second-order valence-corrected chi connectivity index (χ2v) is 5.42. The molecule has 2 fully saturated rings. The number of aliphatic hydroxyl groups excluding tert-OH is 1. The van der Waals surface area contributed by atoms with Gasteiger partial charge in [-0.3, -0.25) is 0 Å². The Balaban J connectivity index is 2.09. The molecule has 0 amide bonds. The van der Waals surface area contributed by atoms with E-state index in [0.29, 0.717) is 12.7 Å². The van der Waals surface area contributed by atoms with Gasteiger partial charge in [-0.25, -0.2) is 0 Å². The van der Waals surface area contributed by atoms with E-state index in [1.165, 1.54) is 12.8 Å². The summed E-state index contributed by atoms with van der Waals surface area (Å²) in [5.74, 6) is 1.54. The fourth-order valence-corrected chi connectivity index (χ4v) is 3.17. The van der Waals surface area contributed by atoms with Gasteiger partial charge in [0.05, 0.1) is 12.7 Å². The highest BCUT2D eigenvalue weighted by Gasteiger charge is 2.48. The molecule has 1 aliphatic carbocycles. The van der Waals surface area contributed by atoms with Gasteiger partial charge in [-0.2, -0.15) is 0 Å². The Morgan fingerprint density at radius 2 is 2.21 bits per heavy atom. The maximum absolute atomic E-state index is 9.57. The minimum absolute atomic E-state index is 0.118. The Labute approximate surface area is 86.6 Å². The zero-order valence-electron chi connectivity index (χ0n) is 9.33. The van der Waals surface area contributed by atoms with Crippen LogP contribution in [0.5, 0.6) is 0 Å². The van der Waals surface area contributed by atoms with Crippen molar-refractivity contribution in [2.45, 2.75) is 45.6 Å². The number of hydrogen-bond acceptors (Lipinski definition) is 2. The third-order valence-corrected chi connectivity index (χ3v) is 4.33. The number of ether oxygens (including phenoxy) is 1. The zero-order valence-corrected chi connectivity index (χ0v) is 9.33. The minimum atomic E-state index is 0.118. The molecule has 1 heterocycles. The van der Waals surface area contributed by atoms with Crippen molar-refractivity contribution in [1.29, 1.82) is 0 Å². The molecule has 0 bridgehead atoms. The van der Waals surface area contributed by atoms with E-state index in [0.717, 1.165) is 31.3 Å². The van der Waals surface area contributed by atoms with Crippen LogP contribution >= 0.6 is 0 Å². The van der Waals surface area contributed by atoms with Crippen LogP contribution in [-0.2, 0) is 4.74 Å². The van der Waals surface area contributed by atoms with Crippen molar-refractivity contribution in [2.75, 3.05) is 13.2 Å². The molecule has 82 valence electrons. The van der Waals surface area contributed by atoms with Crippen molar-refractivity contribution in [3.8, 4) is 0 Å². The van der Waals surface area contributed by atoms with Crippen molar-refractivity contribution in [1.82, 2.24) is 0 Å². The molecule has 0 aromatic heterocycles. The Kier molecular flexibility index (Phi) is 2.85. The van der Waals surface area contributed by atoms with E-state index in [1.54, 1.807) is 0 Å². The van der Waals surface area contributed by atoms with Crippen molar-refractivity contribution in [3.05, 3.63) is 0 Å². The Hall–Kier alpha value is -0.0800. The molecule has 0 aromatic rings. The Bertz CT molecular complexity index is 202. The van der Waals surface area contributed by atoms with Crippen LogP contribution < -0.4 is 0 Å². The van der Waals surface area contributed by atoms with Gasteiger partial charge in [0.15, 0.2) is 0 Å². The summed E-state index contributed by atoms with van der Waals surface area (Å²) in [5, 5.41) is 9.57. The first kappa shape index (κ1) is 10.4. The summed E-state index contributed by atoms with van der Waals surface area (Å²) < 4.78 is 5.72. The van der Waals surface area contributed by atoms with Gasteiger partial charge in [-0.05, 0) is 37.5 Å². The summed E-state index contributed by atoms with van der Waals surface area (Å²) in [6.45, 7) is 5.77. The molecule has 1 N–H and O–H groups in total. The average molecular weight is 198 g/mol. The first-order chi connectivity index (χ1) is 6.68. The molecule has 0 radical (unpaired) electrons. The predicted molar refractivity (Wildman–Crippen MR) is 56.1 cm³/mol. The highest BCUT2D eigenvalue weighted by atomic mass is 16.5. The maximum Gasteiger partial charge on any atom is 0.0654 e. The van der Waals surface area contributed by atoms with Gasteiger partial charge in [-0.15, -0.1) is 0 Å². The van der Waals surface area contributed by atoms with Crippen LogP contribution in [0, 0.1) is 17.3 Å². The first-order valence-corrected chi connectivity index (χ1v) is 5.90. The molecule has 2 aliphatic rings. The summed E-state index contributed by atoms with van der Waals surface area (Å²) in [6, 6.07) is 0. The fraction of sp³-hybridized carbons (Fsp3) is 1.00. The molecule has 14 heavy (non-hydrogen) atoms. The summed E-state index contributed by atoms with van der Waals surface area (Å²) in [7, 11) is 0. The van der Waals surface area contributed by atoms with E-state index in [-0.39, 0.29) is 5.41 Å². The van der Waals surface area contributed by atoms with Crippen molar-refractivity contribution in [2.24, 2.45) is 17.3 Å². The third-order valence-electron chi connectivity index (χ3n) is 4.33. The summed E-state index contributed by atoms with van der Waals surface area (Å²) in [5.41, 5.74) is 0.118. The minimum Gasteiger partial charge on any atom is -0.396 e. The quantitative estimate of drug-likeness (QED) is 0.737.